The van der Waals surface area contributed by atoms with Crippen molar-refractivity contribution in [1.29, 1.82) is 0 Å². The number of furan rings is 1. The summed E-state index contributed by atoms with van der Waals surface area (Å²) < 4.78 is 11.3. The molecule has 5 rings (SSSR count). The van der Waals surface area contributed by atoms with Gasteiger partial charge in [-0.05, 0) is 61.4 Å². The monoisotopic (exact) mass is 493 g/mol. The Hall–Kier alpha value is -4.58. The summed E-state index contributed by atoms with van der Waals surface area (Å²) in [5.41, 5.74) is 4.48. The summed E-state index contributed by atoms with van der Waals surface area (Å²) in [7, 11) is 0. The van der Waals surface area contributed by atoms with E-state index in [1.807, 2.05) is 56.3 Å². The molecule has 37 heavy (non-hydrogen) atoms. The van der Waals surface area contributed by atoms with Gasteiger partial charge in [-0.3, -0.25) is 9.59 Å². The van der Waals surface area contributed by atoms with E-state index in [4.69, 9.17) is 9.15 Å². The van der Waals surface area contributed by atoms with E-state index in [2.05, 4.69) is 6.07 Å². The van der Waals surface area contributed by atoms with Crippen LogP contribution < -0.4 is 4.74 Å². The first-order valence-electron chi connectivity index (χ1n) is 12.1. The summed E-state index contributed by atoms with van der Waals surface area (Å²) in [6, 6.07) is 25.3. The number of likely N-dealkylation sites (tertiary alicyclic amines) is 1. The van der Waals surface area contributed by atoms with Crippen LogP contribution in [0.2, 0.25) is 0 Å². The van der Waals surface area contributed by atoms with E-state index in [1.165, 1.54) is 11.2 Å². The third-order valence-corrected chi connectivity index (χ3v) is 6.46. The number of rotatable bonds is 7. The van der Waals surface area contributed by atoms with Gasteiger partial charge in [0.2, 0.25) is 0 Å². The molecule has 0 saturated carbocycles. The molecule has 6 nitrogen and oxygen atoms in total. The van der Waals surface area contributed by atoms with Gasteiger partial charge in [-0.1, -0.05) is 59.7 Å². The van der Waals surface area contributed by atoms with Crippen molar-refractivity contribution in [2.24, 2.45) is 0 Å². The standard InChI is InChI=1S/C31H27NO5/c1-20-8-10-23(11-9-20)28-27(30(34)31(35)32(28)18-26-7-4-16-36-26)29(33)24-12-14-25(15-13-24)37-19-22-6-3-5-21(2)17-22/h3-17,28,33H,18-19H2,1-2H3/b29-27+/t28-/m1/s1. The van der Waals surface area contributed by atoms with E-state index in [0.29, 0.717) is 23.7 Å². The van der Waals surface area contributed by atoms with Crippen molar-refractivity contribution in [1.82, 2.24) is 4.90 Å². The number of amides is 1. The van der Waals surface area contributed by atoms with Crippen molar-refractivity contribution in [2.45, 2.75) is 33.0 Å². The van der Waals surface area contributed by atoms with Crippen LogP contribution >= 0.6 is 0 Å². The molecular formula is C31H27NO5. The highest BCUT2D eigenvalue weighted by molar-refractivity contribution is 6.46. The molecule has 1 aliphatic rings. The minimum Gasteiger partial charge on any atom is -0.507 e. The molecule has 1 atom stereocenters. The van der Waals surface area contributed by atoms with Gasteiger partial charge in [0.15, 0.2) is 0 Å². The normalized spacial score (nSPS) is 16.8. The van der Waals surface area contributed by atoms with Crippen LogP contribution in [0, 0.1) is 13.8 Å². The zero-order chi connectivity index (χ0) is 25.9. The van der Waals surface area contributed by atoms with Crippen molar-refractivity contribution in [3.63, 3.8) is 0 Å². The van der Waals surface area contributed by atoms with Crippen LogP contribution in [0.3, 0.4) is 0 Å². The molecule has 2 heterocycles. The second-order valence-electron chi connectivity index (χ2n) is 9.22. The van der Waals surface area contributed by atoms with Gasteiger partial charge in [-0.25, -0.2) is 0 Å². The SMILES string of the molecule is Cc1ccc([C@@H]2/C(=C(\O)c3ccc(OCc4cccc(C)c4)cc3)C(=O)C(=O)N2Cc2ccco2)cc1. The molecular weight excluding hydrogens is 466 g/mol. The highest BCUT2D eigenvalue weighted by atomic mass is 16.5. The first kappa shape index (κ1) is 24.1. The fraction of sp³-hybridized carbons (Fsp3) is 0.161. The lowest BCUT2D eigenvalue weighted by Gasteiger charge is -2.24. The summed E-state index contributed by atoms with van der Waals surface area (Å²) in [6.07, 6.45) is 1.52. The Morgan fingerprint density at radius 2 is 1.68 bits per heavy atom. The fourth-order valence-electron chi connectivity index (χ4n) is 4.54. The van der Waals surface area contributed by atoms with Gasteiger partial charge in [-0.15, -0.1) is 0 Å². The molecule has 1 aromatic heterocycles. The number of Topliss-reactive ketones (excluding diaryl/α,β-unsaturated/α-hetero) is 1. The van der Waals surface area contributed by atoms with Crippen molar-refractivity contribution < 1.29 is 23.8 Å². The molecule has 3 aromatic carbocycles. The lowest BCUT2D eigenvalue weighted by Crippen LogP contribution is -2.29. The van der Waals surface area contributed by atoms with E-state index in [-0.39, 0.29) is 17.9 Å². The van der Waals surface area contributed by atoms with Crippen LogP contribution in [-0.2, 0) is 22.7 Å². The number of hydrogen-bond donors (Lipinski definition) is 1. The summed E-state index contributed by atoms with van der Waals surface area (Å²) >= 11 is 0. The molecule has 0 bridgehead atoms. The molecule has 4 aromatic rings. The molecule has 0 aliphatic carbocycles. The zero-order valence-corrected chi connectivity index (χ0v) is 20.7. The average molecular weight is 494 g/mol. The molecule has 1 N–H and O–H groups in total. The smallest absolute Gasteiger partial charge is 0.296 e. The Labute approximate surface area is 215 Å². The topological polar surface area (TPSA) is 80.0 Å². The maximum absolute atomic E-state index is 13.2. The van der Waals surface area contributed by atoms with Crippen LogP contribution in [0.25, 0.3) is 5.76 Å². The number of nitrogens with zero attached hydrogens (tertiary/aromatic N) is 1. The van der Waals surface area contributed by atoms with Gasteiger partial charge < -0.3 is 19.2 Å². The lowest BCUT2D eigenvalue weighted by atomic mass is 9.94. The molecule has 1 saturated heterocycles. The molecule has 1 aliphatic heterocycles. The van der Waals surface area contributed by atoms with E-state index >= 15 is 0 Å². The van der Waals surface area contributed by atoms with Gasteiger partial charge in [0.1, 0.15) is 23.9 Å². The first-order valence-corrected chi connectivity index (χ1v) is 12.1. The van der Waals surface area contributed by atoms with Gasteiger partial charge >= 0.3 is 0 Å². The number of carbonyl (C=O) groups is 2. The van der Waals surface area contributed by atoms with Crippen molar-refractivity contribution >= 4 is 17.4 Å². The fourth-order valence-corrected chi connectivity index (χ4v) is 4.54. The largest absolute Gasteiger partial charge is 0.507 e. The average Bonchev–Trinajstić information content (AvgIpc) is 3.50. The third kappa shape index (κ3) is 5.05. The number of aryl methyl sites for hydroxylation is 2. The van der Waals surface area contributed by atoms with Crippen molar-refractivity contribution in [3.8, 4) is 5.75 Å². The summed E-state index contributed by atoms with van der Waals surface area (Å²) in [5.74, 6) is -0.451. The first-order chi connectivity index (χ1) is 17.9. The number of hydrogen-bond acceptors (Lipinski definition) is 5. The zero-order valence-electron chi connectivity index (χ0n) is 20.7. The predicted octanol–water partition coefficient (Wildman–Crippen LogP) is 6.10. The molecule has 1 fully saturated rings. The number of ketones is 1. The molecule has 0 radical (unpaired) electrons. The highest BCUT2D eigenvalue weighted by Crippen LogP contribution is 2.40. The maximum Gasteiger partial charge on any atom is 0.296 e. The predicted molar refractivity (Wildman–Crippen MR) is 140 cm³/mol. The maximum atomic E-state index is 13.2. The van der Waals surface area contributed by atoms with Crippen molar-refractivity contribution in [2.75, 3.05) is 0 Å². The van der Waals surface area contributed by atoms with Crippen LogP contribution in [0.5, 0.6) is 5.75 Å². The number of aliphatic hydroxyl groups excluding tert-OH is 1. The molecule has 0 unspecified atom stereocenters. The van der Waals surface area contributed by atoms with Gasteiger partial charge in [-0.2, -0.15) is 0 Å². The number of aliphatic hydroxyl groups is 1. The van der Waals surface area contributed by atoms with E-state index in [0.717, 1.165) is 22.3 Å². The number of ether oxygens (including phenoxy) is 1. The Bertz CT molecular complexity index is 1450. The molecule has 1 amide bonds. The highest BCUT2D eigenvalue weighted by Gasteiger charge is 2.46. The van der Waals surface area contributed by atoms with E-state index < -0.39 is 17.7 Å². The van der Waals surface area contributed by atoms with Crippen LogP contribution in [-0.4, -0.2) is 21.7 Å². The minimum atomic E-state index is -0.747. The summed E-state index contributed by atoms with van der Waals surface area (Å²) in [4.78, 5) is 27.7. The minimum absolute atomic E-state index is 0.0499. The van der Waals surface area contributed by atoms with Crippen molar-refractivity contribution in [3.05, 3.63) is 130 Å². The van der Waals surface area contributed by atoms with Gasteiger partial charge in [0.25, 0.3) is 11.7 Å². The second-order valence-corrected chi connectivity index (χ2v) is 9.22. The van der Waals surface area contributed by atoms with Gasteiger partial charge in [0, 0.05) is 5.56 Å². The third-order valence-electron chi connectivity index (χ3n) is 6.46. The molecule has 0 spiro atoms. The van der Waals surface area contributed by atoms with E-state index in [1.54, 1.807) is 36.4 Å². The quantitative estimate of drug-likeness (QED) is 0.191. The van der Waals surface area contributed by atoms with E-state index in [9.17, 15) is 14.7 Å². The Balaban J connectivity index is 1.46. The Morgan fingerprint density at radius 3 is 2.35 bits per heavy atom. The Morgan fingerprint density at radius 1 is 0.919 bits per heavy atom. The Kier molecular flexibility index (Phi) is 6.64. The summed E-state index contributed by atoms with van der Waals surface area (Å²) in [5, 5.41) is 11.3. The van der Waals surface area contributed by atoms with Gasteiger partial charge in [0.05, 0.1) is 24.4 Å². The molecule has 6 heteroatoms. The summed E-state index contributed by atoms with van der Waals surface area (Å²) in [6.45, 7) is 4.52. The van der Waals surface area contributed by atoms with Crippen LogP contribution in [0.4, 0.5) is 0 Å². The van der Waals surface area contributed by atoms with Crippen LogP contribution in [0.15, 0.2) is 101 Å². The second kappa shape index (κ2) is 10.2. The number of carbonyl (C=O) groups excluding carboxylic acids is 2. The van der Waals surface area contributed by atoms with Crippen LogP contribution in [0.1, 0.15) is 39.6 Å². The number of benzene rings is 3. The lowest BCUT2D eigenvalue weighted by molar-refractivity contribution is -0.140. The molecule has 186 valence electrons.